The molecule has 1 N–H and O–H groups in total. The number of nitriles is 1. The lowest BCUT2D eigenvalue weighted by Gasteiger charge is -2.12. The van der Waals surface area contributed by atoms with Gasteiger partial charge >= 0.3 is 0 Å². The molecule has 0 aliphatic rings. The van der Waals surface area contributed by atoms with E-state index >= 15 is 0 Å². The third-order valence-corrected chi connectivity index (χ3v) is 6.19. The summed E-state index contributed by atoms with van der Waals surface area (Å²) >= 11 is 13.0. The van der Waals surface area contributed by atoms with E-state index in [1.54, 1.807) is 6.08 Å². The van der Waals surface area contributed by atoms with E-state index in [4.69, 9.17) is 16.3 Å². The second-order valence-electron chi connectivity index (χ2n) is 7.24. The molecule has 0 saturated heterocycles. The quantitative estimate of drug-likeness (QED) is 0.165. The van der Waals surface area contributed by atoms with Crippen LogP contribution in [0.2, 0.25) is 5.02 Å². The Balaban J connectivity index is 1.60. The molecule has 3 aromatic carbocycles. The molecule has 0 saturated carbocycles. The molecule has 3 aromatic rings. The Morgan fingerprint density at radius 3 is 2.33 bits per heavy atom. The lowest BCUT2D eigenvalue weighted by Crippen LogP contribution is -2.25. The van der Waals surface area contributed by atoms with Crippen molar-refractivity contribution in [2.75, 3.05) is 6.54 Å². The van der Waals surface area contributed by atoms with Gasteiger partial charge < -0.3 is 10.1 Å². The van der Waals surface area contributed by atoms with Crippen molar-refractivity contribution in [1.82, 2.24) is 5.32 Å². The van der Waals surface area contributed by atoms with Crippen molar-refractivity contribution in [2.24, 2.45) is 0 Å². The van der Waals surface area contributed by atoms with E-state index in [-0.39, 0.29) is 11.5 Å². The van der Waals surface area contributed by atoms with Gasteiger partial charge in [-0.1, -0.05) is 54.1 Å². The highest BCUT2D eigenvalue weighted by molar-refractivity contribution is 9.11. The van der Waals surface area contributed by atoms with Gasteiger partial charge in [0.1, 0.15) is 24.0 Å². The summed E-state index contributed by atoms with van der Waals surface area (Å²) in [6.07, 6.45) is 3.22. The SMILES string of the molecule is N#C/C(=C/c1cc(Br)c(OCc2ccc(Cl)cc2)c(Br)c1)C(=O)NCCCc1ccccc1. The van der Waals surface area contributed by atoms with Gasteiger partial charge in [0.05, 0.1) is 8.95 Å². The Morgan fingerprint density at radius 1 is 1.03 bits per heavy atom. The largest absolute Gasteiger partial charge is 0.487 e. The summed E-state index contributed by atoms with van der Waals surface area (Å²) in [7, 11) is 0. The third kappa shape index (κ3) is 7.75. The summed E-state index contributed by atoms with van der Waals surface area (Å²) in [5, 5.41) is 13.0. The van der Waals surface area contributed by atoms with E-state index in [0.29, 0.717) is 38.4 Å². The summed E-state index contributed by atoms with van der Waals surface area (Å²) < 4.78 is 7.34. The number of ether oxygens (including phenoxy) is 1. The number of carbonyl (C=O) groups is 1. The normalized spacial score (nSPS) is 11.0. The molecule has 7 heteroatoms. The van der Waals surface area contributed by atoms with Crippen molar-refractivity contribution in [2.45, 2.75) is 19.4 Å². The Morgan fingerprint density at radius 2 is 1.70 bits per heavy atom. The average Bonchev–Trinajstić information content (AvgIpc) is 2.81. The molecule has 0 bridgehead atoms. The van der Waals surface area contributed by atoms with E-state index in [1.165, 1.54) is 5.56 Å². The standard InChI is InChI=1S/C26H21Br2ClN2O2/c27-23-14-20(15-24(28)25(23)33-17-19-8-10-22(29)11-9-19)13-21(16-30)26(32)31-12-4-7-18-5-2-1-3-6-18/h1-3,5-6,8-11,13-15H,4,7,12,17H2,(H,31,32)/b21-13-. The van der Waals surface area contributed by atoms with Gasteiger partial charge in [0.25, 0.3) is 5.91 Å². The minimum Gasteiger partial charge on any atom is -0.487 e. The molecular formula is C26H21Br2ClN2O2. The maximum atomic E-state index is 12.5. The molecule has 4 nitrogen and oxygen atoms in total. The first-order valence-electron chi connectivity index (χ1n) is 10.3. The number of amides is 1. The smallest absolute Gasteiger partial charge is 0.261 e. The third-order valence-electron chi connectivity index (χ3n) is 4.76. The maximum absolute atomic E-state index is 12.5. The first-order valence-corrected chi connectivity index (χ1v) is 12.2. The van der Waals surface area contributed by atoms with Crippen molar-refractivity contribution >= 4 is 55.4 Å². The second kappa shape index (κ2) is 12.6. The maximum Gasteiger partial charge on any atom is 0.261 e. The van der Waals surface area contributed by atoms with E-state index in [0.717, 1.165) is 18.4 Å². The van der Waals surface area contributed by atoms with Crippen LogP contribution in [0.3, 0.4) is 0 Å². The van der Waals surface area contributed by atoms with Crippen LogP contribution in [0.4, 0.5) is 0 Å². The van der Waals surface area contributed by atoms with Crippen LogP contribution >= 0.6 is 43.5 Å². The first-order chi connectivity index (χ1) is 16.0. The van der Waals surface area contributed by atoms with Crippen molar-refractivity contribution in [3.05, 3.63) is 103 Å². The predicted molar refractivity (Wildman–Crippen MR) is 139 cm³/mol. The number of nitrogens with one attached hydrogen (secondary N) is 1. The topological polar surface area (TPSA) is 62.1 Å². The average molecular weight is 589 g/mol. The number of hydrogen-bond acceptors (Lipinski definition) is 3. The van der Waals surface area contributed by atoms with Crippen LogP contribution in [0.5, 0.6) is 5.75 Å². The van der Waals surface area contributed by atoms with Gasteiger partial charge in [-0.25, -0.2) is 0 Å². The zero-order valence-corrected chi connectivity index (χ0v) is 21.6. The van der Waals surface area contributed by atoms with E-state index in [9.17, 15) is 10.1 Å². The first kappa shape index (κ1) is 25.0. The molecule has 0 fully saturated rings. The van der Waals surface area contributed by atoms with E-state index < -0.39 is 0 Å². The van der Waals surface area contributed by atoms with Crippen molar-refractivity contribution in [1.29, 1.82) is 5.26 Å². The highest BCUT2D eigenvalue weighted by Gasteiger charge is 2.12. The summed E-state index contributed by atoms with van der Waals surface area (Å²) in [5.74, 6) is 0.242. The van der Waals surface area contributed by atoms with Crippen LogP contribution in [-0.4, -0.2) is 12.5 Å². The minimum atomic E-state index is -0.388. The molecule has 1 amide bonds. The number of aryl methyl sites for hydroxylation is 1. The number of carbonyl (C=O) groups excluding carboxylic acids is 1. The molecule has 0 heterocycles. The van der Waals surface area contributed by atoms with Crippen LogP contribution in [-0.2, 0) is 17.8 Å². The lowest BCUT2D eigenvalue weighted by molar-refractivity contribution is -0.117. The molecule has 0 atom stereocenters. The summed E-state index contributed by atoms with van der Waals surface area (Å²) in [4.78, 5) is 12.5. The number of halogens is 3. The van der Waals surface area contributed by atoms with Gasteiger partial charge in [0.15, 0.2) is 0 Å². The van der Waals surface area contributed by atoms with Crippen molar-refractivity contribution in [3.8, 4) is 11.8 Å². The van der Waals surface area contributed by atoms with Crippen LogP contribution in [0, 0.1) is 11.3 Å². The molecule has 33 heavy (non-hydrogen) atoms. The van der Waals surface area contributed by atoms with Crippen LogP contribution in [0.15, 0.2) is 81.2 Å². The Labute approximate surface area is 215 Å². The van der Waals surface area contributed by atoms with Crippen molar-refractivity contribution < 1.29 is 9.53 Å². The molecule has 0 radical (unpaired) electrons. The van der Waals surface area contributed by atoms with Gasteiger partial charge in [0, 0.05) is 11.6 Å². The molecule has 0 unspecified atom stereocenters. The molecule has 168 valence electrons. The van der Waals surface area contributed by atoms with Crippen LogP contribution in [0.1, 0.15) is 23.1 Å². The highest BCUT2D eigenvalue weighted by atomic mass is 79.9. The fourth-order valence-corrected chi connectivity index (χ4v) is 4.66. The van der Waals surface area contributed by atoms with Crippen LogP contribution < -0.4 is 10.1 Å². The predicted octanol–water partition coefficient (Wildman–Crippen LogP) is 7.10. The molecule has 0 aromatic heterocycles. The fraction of sp³-hybridized carbons (Fsp3) is 0.154. The van der Waals surface area contributed by atoms with Crippen LogP contribution in [0.25, 0.3) is 6.08 Å². The summed E-state index contributed by atoms with van der Waals surface area (Å²) in [6, 6.07) is 23.1. The Bertz CT molecular complexity index is 1150. The molecule has 0 aliphatic carbocycles. The zero-order valence-electron chi connectivity index (χ0n) is 17.7. The summed E-state index contributed by atoms with van der Waals surface area (Å²) in [6.45, 7) is 0.871. The monoisotopic (exact) mass is 586 g/mol. The number of benzene rings is 3. The number of rotatable bonds is 9. The van der Waals surface area contributed by atoms with Gasteiger partial charge in [-0.3, -0.25) is 4.79 Å². The van der Waals surface area contributed by atoms with Gasteiger partial charge in [-0.2, -0.15) is 5.26 Å². The zero-order chi connectivity index (χ0) is 23.6. The fourth-order valence-electron chi connectivity index (χ4n) is 3.09. The van der Waals surface area contributed by atoms with Gasteiger partial charge in [-0.05, 0) is 91.7 Å². The molecular weight excluding hydrogens is 568 g/mol. The number of nitrogens with zero attached hydrogens (tertiary/aromatic N) is 1. The number of hydrogen-bond donors (Lipinski definition) is 1. The minimum absolute atomic E-state index is 0.0448. The molecule has 0 aliphatic heterocycles. The van der Waals surface area contributed by atoms with Gasteiger partial charge in [-0.15, -0.1) is 0 Å². The Hall–Kier alpha value is -2.59. The van der Waals surface area contributed by atoms with Crippen molar-refractivity contribution in [3.63, 3.8) is 0 Å². The summed E-state index contributed by atoms with van der Waals surface area (Å²) in [5.41, 5.74) is 2.95. The van der Waals surface area contributed by atoms with E-state index in [1.807, 2.05) is 60.7 Å². The van der Waals surface area contributed by atoms with E-state index in [2.05, 4.69) is 49.3 Å². The van der Waals surface area contributed by atoms with Gasteiger partial charge in [0.2, 0.25) is 0 Å². The molecule has 3 rings (SSSR count). The Kier molecular flexibility index (Phi) is 9.56. The second-order valence-corrected chi connectivity index (χ2v) is 9.39. The highest BCUT2D eigenvalue weighted by Crippen LogP contribution is 2.36. The lowest BCUT2D eigenvalue weighted by atomic mass is 10.1. The molecule has 0 spiro atoms.